The van der Waals surface area contributed by atoms with E-state index in [1.165, 1.54) is 12.8 Å². The van der Waals surface area contributed by atoms with E-state index >= 15 is 0 Å². The quantitative estimate of drug-likeness (QED) is 0.651. The Bertz CT molecular complexity index is 169. The summed E-state index contributed by atoms with van der Waals surface area (Å²) in [5.74, 6) is 0.166. The molecule has 0 aliphatic heterocycles. The second-order valence-corrected chi connectivity index (χ2v) is 4.48. The Hall–Kier alpha value is -0.570. The Morgan fingerprint density at radius 3 is 2.47 bits per heavy atom. The van der Waals surface area contributed by atoms with Crippen molar-refractivity contribution in [1.82, 2.24) is 5.32 Å². The van der Waals surface area contributed by atoms with Crippen LogP contribution >= 0.6 is 0 Å². The van der Waals surface area contributed by atoms with Gasteiger partial charge in [-0.05, 0) is 33.1 Å². The molecule has 0 spiro atoms. The Labute approximate surface area is 93.8 Å². The highest BCUT2D eigenvalue weighted by molar-refractivity contribution is 5.76. The average Bonchev–Trinajstić information content (AvgIpc) is 2.14. The summed E-state index contributed by atoms with van der Waals surface area (Å²) in [5.41, 5.74) is 5.61. The number of hydrogen-bond donors (Lipinski definition) is 2. The van der Waals surface area contributed by atoms with Crippen LogP contribution in [0.15, 0.2) is 0 Å². The Kier molecular flexibility index (Phi) is 8.38. The Morgan fingerprint density at radius 1 is 1.27 bits per heavy atom. The molecule has 0 fully saturated rings. The molecule has 0 aliphatic rings. The van der Waals surface area contributed by atoms with E-state index in [1.54, 1.807) is 0 Å². The summed E-state index contributed by atoms with van der Waals surface area (Å²) in [6, 6.07) is 0.517. The van der Waals surface area contributed by atoms with Gasteiger partial charge in [0.2, 0.25) is 5.91 Å². The van der Waals surface area contributed by atoms with Crippen LogP contribution in [0.1, 0.15) is 59.3 Å². The molecule has 0 saturated heterocycles. The maximum atomic E-state index is 11.4. The van der Waals surface area contributed by atoms with Gasteiger partial charge < -0.3 is 11.1 Å². The van der Waals surface area contributed by atoms with Gasteiger partial charge in [-0.1, -0.05) is 19.8 Å². The van der Waals surface area contributed by atoms with E-state index in [2.05, 4.69) is 19.2 Å². The fraction of sp³-hybridized carbons (Fsp3) is 0.917. The van der Waals surface area contributed by atoms with Crippen LogP contribution in [0.4, 0.5) is 0 Å². The second kappa shape index (κ2) is 8.72. The molecule has 3 nitrogen and oxygen atoms in total. The molecule has 0 heterocycles. The lowest BCUT2D eigenvalue weighted by molar-refractivity contribution is -0.121. The van der Waals surface area contributed by atoms with Crippen LogP contribution in [-0.2, 0) is 4.79 Å². The number of amides is 1. The number of nitrogens with two attached hydrogens (primary N) is 1. The van der Waals surface area contributed by atoms with Crippen LogP contribution in [0.25, 0.3) is 0 Å². The maximum Gasteiger partial charge on any atom is 0.220 e. The average molecular weight is 214 g/mol. The minimum atomic E-state index is 0.166. The van der Waals surface area contributed by atoms with Crippen molar-refractivity contribution in [2.45, 2.75) is 71.4 Å². The standard InChI is InChI=1S/C12H26N2O/c1-4-5-8-11(3)14-12(15)9-6-7-10(2)13/h10-11H,4-9,13H2,1-3H3,(H,14,15). The number of hydrogen-bond acceptors (Lipinski definition) is 2. The summed E-state index contributed by atoms with van der Waals surface area (Å²) >= 11 is 0. The SMILES string of the molecule is CCCCC(C)NC(=O)CCCC(C)N. The molecule has 0 aliphatic carbocycles. The number of rotatable bonds is 8. The maximum absolute atomic E-state index is 11.4. The highest BCUT2D eigenvalue weighted by Gasteiger charge is 2.06. The van der Waals surface area contributed by atoms with Crippen molar-refractivity contribution >= 4 is 5.91 Å². The van der Waals surface area contributed by atoms with Crippen molar-refractivity contribution in [3.63, 3.8) is 0 Å². The van der Waals surface area contributed by atoms with Crippen molar-refractivity contribution in [3.05, 3.63) is 0 Å². The molecule has 15 heavy (non-hydrogen) atoms. The predicted octanol–water partition coefficient (Wildman–Crippen LogP) is 2.20. The third-order valence-corrected chi connectivity index (χ3v) is 2.46. The van der Waals surface area contributed by atoms with Crippen LogP contribution in [0, 0.1) is 0 Å². The second-order valence-electron chi connectivity index (χ2n) is 4.48. The van der Waals surface area contributed by atoms with E-state index in [4.69, 9.17) is 5.73 Å². The minimum absolute atomic E-state index is 0.166. The monoisotopic (exact) mass is 214 g/mol. The normalized spacial score (nSPS) is 14.7. The first kappa shape index (κ1) is 14.4. The molecule has 2 unspecified atom stereocenters. The van der Waals surface area contributed by atoms with Gasteiger partial charge in [0.25, 0.3) is 0 Å². The smallest absolute Gasteiger partial charge is 0.220 e. The molecular formula is C12H26N2O. The van der Waals surface area contributed by atoms with Crippen LogP contribution in [-0.4, -0.2) is 18.0 Å². The topological polar surface area (TPSA) is 55.1 Å². The zero-order valence-electron chi connectivity index (χ0n) is 10.4. The molecule has 0 radical (unpaired) electrons. The van der Waals surface area contributed by atoms with Gasteiger partial charge in [-0.3, -0.25) is 4.79 Å². The summed E-state index contributed by atoms with van der Waals surface area (Å²) in [4.78, 5) is 11.4. The Morgan fingerprint density at radius 2 is 1.93 bits per heavy atom. The first-order valence-corrected chi connectivity index (χ1v) is 6.11. The van der Waals surface area contributed by atoms with Crippen molar-refractivity contribution in [1.29, 1.82) is 0 Å². The molecule has 90 valence electrons. The zero-order valence-corrected chi connectivity index (χ0v) is 10.4. The van der Waals surface area contributed by atoms with E-state index in [-0.39, 0.29) is 11.9 Å². The summed E-state index contributed by atoms with van der Waals surface area (Å²) in [6.45, 7) is 6.21. The lowest BCUT2D eigenvalue weighted by Gasteiger charge is -2.13. The molecule has 1 amide bonds. The molecule has 0 saturated carbocycles. The van der Waals surface area contributed by atoms with Crippen LogP contribution in [0.5, 0.6) is 0 Å². The van der Waals surface area contributed by atoms with Gasteiger partial charge in [-0.15, -0.1) is 0 Å². The minimum Gasteiger partial charge on any atom is -0.354 e. The highest BCUT2D eigenvalue weighted by atomic mass is 16.1. The molecule has 3 N–H and O–H groups in total. The lowest BCUT2D eigenvalue weighted by Crippen LogP contribution is -2.32. The largest absolute Gasteiger partial charge is 0.354 e. The fourth-order valence-electron chi connectivity index (χ4n) is 1.51. The number of carbonyl (C=O) groups excluding carboxylic acids is 1. The zero-order chi connectivity index (χ0) is 11.7. The summed E-state index contributed by atoms with van der Waals surface area (Å²) in [7, 11) is 0. The van der Waals surface area contributed by atoms with Gasteiger partial charge in [0.1, 0.15) is 0 Å². The van der Waals surface area contributed by atoms with E-state index in [1.807, 2.05) is 6.92 Å². The Balaban J connectivity index is 3.46. The van der Waals surface area contributed by atoms with Gasteiger partial charge in [-0.25, -0.2) is 0 Å². The molecule has 3 heteroatoms. The van der Waals surface area contributed by atoms with Crippen molar-refractivity contribution < 1.29 is 4.79 Å². The fourth-order valence-corrected chi connectivity index (χ4v) is 1.51. The highest BCUT2D eigenvalue weighted by Crippen LogP contribution is 2.02. The molecule has 0 rings (SSSR count). The summed E-state index contributed by atoms with van der Waals surface area (Å²) in [5, 5.41) is 3.01. The van der Waals surface area contributed by atoms with Crippen LogP contribution in [0.2, 0.25) is 0 Å². The van der Waals surface area contributed by atoms with Crippen molar-refractivity contribution in [2.75, 3.05) is 0 Å². The molecule has 2 atom stereocenters. The van der Waals surface area contributed by atoms with Crippen molar-refractivity contribution in [2.24, 2.45) is 5.73 Å². The first-order chi connectivity index (χ1) is 7.06. The first-order valence-electron chi connectivity index (χ1n) is 6.11. The summed E-state index contributed by atoms with van der Waals surface area (Å²) < 4.78 is 0. The van der Waals surface area contributed by atoms with E-state index in [0.717, 1.165) is 19.3 Å². The summed E-state index contributed by atoms with van der Waals surface area (Å²) in [6.07, 6.45) is 5.88. The third-order valence-electron chi connectivity index (χ3n) is 2.46. The van der Waals surface area contributed by atoms with Gasteiger partial charge >= 0.3 is 0 Å². The van der Waals surface area contributed by atoms with Gasteiger partial charge in [0.15, 0.2) is 0 Å². The molecule has 0 aromatic carbocycles. The van der Waals surface area contributed by atoms with Crippen LogP contribution < -0.4 is 11.1 Å². The molecule has 0 aromatic rings. The van der Waals surface area contributed by atoms with E-state index < -0.39 is 0 Å². The van der Waals surface area contributed by atoms with Gasteiger partial charge in [-0.2, -0.15) is 0 Å². The number of carbonyl (C=O) groups is 1. The van der Waals surface area contributed by atoms with Crippen LogP contribution in [0.3, 0.4) is 0 Å². The van der Waals surface area contributed by atoms with E-state index in [0.29, 0.717) is 12.5 Å². The van der Waals surface area contributed by atoms with Crippen molar-refractivity contribution in [3.8, 4) is 0 Å². The number of nitrogens with one attached hydrogen (secondary N) is 1. The third kappa shape index (κ3) is 9.73. The molecular weight excluding hydrogens is 188 g/mol. The lowest BCUT2D eigenvalue weighted by atomic mass is 10.1. The van der Waals surface area contributed by atoms with E-state index in [9.17, 15) is 4.79 Å². The predicted molar refractivity (Wildman–Crippen MR) is 64.6 cm³/mol. The molecule has 0 aromatic heterocycles. The van der Waals surface area contributed by atoms with Gasteiger partial charge in [0, 0.05) is 18.5 Å². The van der Waals surface area contributed by atoms with Gasteiger partial charge in [0.05, 0.1) is 0 Å². The molecule has 0 bridgehead atoms. The number of unbranched alkanes of at least 4 members (excludes halogenated alkanes) is 1.